The first-order valence-corrected chi connectivity index (χ1v) is 10.5. The number of likely N-dealkylation sites (tertiary alicyclic amines) is 1. The van der Waals surface area contributed by atoms with Gasteiger partial charge in [-0.2, -0.15) is 0 Å². The van der Waals surface area contributed by atoms with E-state index in [-0.39, 0.29) is 12.0 Å². The van der Waals surface area contributed by atoms with E-state index in [0.29, 0.717) is 6.54 Å². The van der Waals surface area contributed by atoms with E-state index in [1.165, 1.54) is 21.2 Å². The topological polar surface area (TPSA) is 40.5 Å². The molecule has 1 saturated heterocycles. The van der Waals surface area contributed by atoms with Crippen LogP contribution in [0.25, 0.3) is 10.1 Å². The number of hydrogen-bond donors (Lipinski definition) is 1. The van der Waals surface area contributed by atoms with Crippen LogP contribution >= 0.6 is 27.3 Å². The number of benzene rings is 2. The third-order valence-electron chi connectivity index (χ3n) is 5.14. The molecule has 0 saturated carbocycles. The first kappa shape index (κ1) is 17.7. The molecular weight excluding hydrogens is 410 g/mol. The first-order chi connectivity index (χ1) is 12.6. The highest BCUT2D eigenvalue weighted by Gasteiger charge is 2.32. The van der Waals surface area contributed by atoms with Crippen molar-refractivity contribution in [3.8, 4) is 0 Å². The summed E-state index contributed by atoms with van der Waals surface area (Å²) in [5.41, 5.74) is 2.48. The molecule has 2 atom stereocenters. The molecule has 1 N–H and O–H groups in total. The van der Waals surface area contributed by atoms with Crippen molar-refractivity contribution in [2.45, 2.75) is 18.9 Å². The lowest BCUT2D eigenvalue weighted by molar-refractivity contribution is -0.143. The Kier molecular flexibility index (Phi) is 5.11. The van der Waals surface area contributed by atoms with Gasteiger partial charge in [0.1, 0.15) is 0 Å². The normalized spacial score (nSPS) is 19.5. The molecule has 0 amide bonds. The minimum atomic E-state index is -0.683. The molecule has 2 aromatic carbocycles. The molecule has 2 unspecified atom stereocenters. The van der Waals surface area contributed by atoms with Crippen molar-refractivity contribution in [2.24, 2.45) is 5.92 Å². The minimum absolute atomic E-state index is 0.0748. The Balaban J connectivity index is 1.81. The maximum Gasteiger partial charge on any atom is 0.307 e. The first-order valence-electron chi connectivity index (χ1n) is 8.82. The van der Waals surface area contributed by atoms with E-state index >= 15 is 0 Å². The summed E-state index contributed by atoms with van der Waals surface area (Å²) in [6.07, 6.45) is 1.69. The van der Waals surface area contributed by atoms with Crippen LogP contribution in [0.5, 0.6) is 0 Å². The summed E-state index contributed by atoms with van der Waals surface area (Å²) in [5.74, 6) is -0.971. The van der Waals surface area contributed by atoms with Crippen LogP contribution in [-0.4, -0.2) is 29.1 Å². The molecular formula is C21H20BrNO2S. The molecule has 1 aliphatic rings. The van der Waals surface area contributed by atoms with Gasteiger partial charge in [-0.1, -0.05) is 46.3 Å². The van der Waals surface area contributed by atoms with Crippen LogP contribution in [0.15, 0.2) is 58.4 Å². The van der Waals surface area contributed by atoms with Gasteiger partial charge >= 0.3 is 5.97 Å². The Morgan fingerprint density at radius 1 is 1.23 bits per heavy atom. The molecule has 0 bridgehead atoms. The van der Waals surface area contributed by atoms with Crippen molar-refractivity contribution in [3.63, 3.8) is 0 Å². The zero-order chi connectivity index (χ0) is 18.1. The minimum Gasteiger partial charge on any atom is -0.481 e. The summed E-state index contributed by atoms with van der Waals surface area (Å²) in [6.45, 7) is 1.52. The zero-order valence-electron chi connectivity index (χ0n) is 14.3. The number of hydrogen-bond acceptors (Lipinski definition) is 3. The van der Waals surface area contributed by atoms with Crippen LogP contribution < -0.4 is 0 Å². The number of halogens is 1. The summed E-state index contributed by atoms with van der Waals surface area (Å²) in [6, 6.07) is 16.9. The number of thiophene rings is 1. The van der Waals surface area contributed by atoms with Gasteiger partial charge in [0.15, 0.2) is 0 Å². The van der Waals surface area contributed by atoms with Gasteiger partial charge in [-0.3, -0.25) is 9.69 Å². The second-order valence-corrected chi connectivity index (χ2v) is 8.64. The Morgan fingerprint density at radius 2 is 2.08 bits per heavy atom. The summed E-state index contributed by atoms with van der Waals surface area (Å²) < 4.78 is 2.32. The highest BCUT2D eigenvalue weighted by molar-refractivity contribution is 9.10. The number of rotatable bonds is 4. The smallest absolute Gasteiger partial charge is 0.307 e. The summed E-state index contributed by atoms with van der Waals surface area (Å²) in [5, 5.41) is 13.0. The predicted molar refractivity (Wildman–Crippen MR) is 110 cm³/mol. The molecule has 0 radical (unpaired) electrons. The molecule has 3 nitrogen and oxygen atoms in total. The number of nitrogens with zero attached hydrogens (tertiary/aromatic N) is 1. The van der Waals surface area contributed by atoms with Gasteiger partial charge < -0.3 is 5.11 Å². The Labute approximate surface area is 165 Å². The molecule has 3 aromatic rings. The second-order valence-electron chi connectivity index (χ2n) is 6.82. The second kappa shape index (κ2) is 7.51. The lowest BCUT2D eigenvalue weighted by Gasteiger charge is -2.37. The van der Waals surface area contributed by atoms with Gasteiger partial charge in [0.2, 0.25) is 0 Å². The lowest BCUT2D eigenvalue weighted by atomic mass is 9.91. The van der Waals surface area contributed by atoms with E-state index in [1.807, 2.05) is 6.07 Å². The highest BCUT2D eigenvalue weighted by Crippen LogP contribution is 2.39. The van der Waals surface area contributed by atoms with E-state index in [0.717, 1.165) is 23.9 Å². The molecule has 2 heterocycles. The molecule has 1 aliphatic heterocycles. The standard InChI is InChI=1S/C21H20BrNO2S/c22-16-7-3-5-14(11-16)20(23-10-4-6-15(12-23)21(24)25)18-13-26-19-9-2-1-8-17(18)19/h1-3,5,7-9,11,13,15,20H,4,6,10,12H2,(H,24,25). The van der Waals surface area contributed by atoms with E-state index in [4.69, 9.17) is 0 Å². The predicted octanol–water partition coefficient (Wildman–Crippen LogP) is 5.55. The average Bonchev–Trinajstić information content (AvgIpc) is 3.06. The van der Waals surface area contributed by atoms with Gasteiger partial charge in [-0.05, 0) is 59.5 Å². The van der Waals surface area contributed by atoms with E-state index < -0.39 is 5.97 Å². The van der Waals surface area contributed by atoms with E-state index in [1.54, 1.807) is 11.3 Å². The van der Waals surface area contributed by atoms with Crippen molar-refractivity contribution >= 4 is 43.3 Å². The van der Waals surface area contributed by atoms with E-state index in [9.17, 15) is 9.90 Å². The van der Waals surface area contributed by atoms with Gasteiger partial charge in [0.25, 0.3) is 0 Å². The summed E-state index contributed by atoms with van der Waals surface area (Å²) in [7, 11) is 0. The summed E-state index contributed by atoms with van der Waals surface area (Å²) in [4.78, 5) is 13.9. The van der Waals surface area contributed by atoms with Crippen molar-refractivity contribution in [2.75, 3.05) is 13.1 Å². The Hall–Kier alpha value is -1.69. The SMILES string of the molecule is O=C(O)C1CCCN(C(c2cccc(Br)c2)c2csc3ccccc23)C1. The fourth-order valence-corrected chi connectivity index (χ4v) is 5.31. The van der Waals surface area contributed by atoms with Crippen LogP contribution in [0.1, 0.15) is 30.0 Å². The van der Waals surface area contributed by atoms with Crippen LogP contribution in [0.4, 0.5) is 0 Å². The van der Waals surface area contributed by atoms with Gasteiger partial charge in [0, 0.05) is 15.7 Å². The van der Waals surface area contributed by atoms with Crippen molar-refractivity contribution < 1.29 is 9.90 Å². The number of fused-ring (bicyclic) bond motifs is 1. The van der Waals surface area contributed by atoms with Crippen molar-refractivity contribution in [1.82, 2.24) is 4.90 Å². The van der Waals surface area contributed by atoms with Gasteiger partial charge in [-0.25, -0.2) is 0 Å². The Morgan fingerprint density at radius 3 is 2.88 bits per heavy atom. The molecule has 0 spiro atoms. The third kappa shape index (κ3) is 3.43. The monoisotopic (exact) mass is 429 g/mol. The number of carboxylic acid groups (broad SMARTS) is 1. The largest absolute Gasteiger partial charge is 0.481 e. The number of carboxylic acids is 1. The number of carbonyl (C=O) groups is 1. The molecule has 134 valence electrons. The van der Waals surface area contributed by atoms with Gasteiger partial charge in [0.05, 0.1) is 12.0 Å². The molecule has 26 heavy (non-hydrogen) atoms. The van der Waals surface area contributed by atoms with Crippen LogP contribution in [0.3, 0.4) is 0 Å². The molecule has 1 aromatic heterocycles. The maximum absolute atomic E-state index is 11.6. The van der Waals surface area contributed by atoms with Gasteiger partial charge in [-0.15, -0.1) is 11.3 Å². The summed E-state index contributed by atoms with van der Waals surface area (Å²) >= 11 is 5.35. The highest BCUT2D eigenvalue weighted by atomic mass is 79.9. The fraction of sp³-hybridized carbons (Fsp3) is 0.286. The van der Waals surface area contributed by atoms with Crippen LogP contribution in [-0.2, 0) is 4.79 Å². The zero-order valence-corrected chi connectivity index (χ0v) is 16.7. The molecule has 5 heteroatoms. The Bertz CT molecular complexity index is 938. The third-order valence-corrected chi connectivity index (χ3v) is 6.61. The average molecular weight is 430 g/mol. The molecule has 0 aliphatic carbocycles. The van der Waals surface area contributed by atoms with Crippen LogP contribution in [0.2, 0.25) is 0 Å². The molecule has 1 fully saturated rings. The van der Waals surface area contributed by atoms with Crippen LogP contribution in [0, 0.1) is 5.92 Å². The lowest BCUT2D eigenvalue weighted by Crippen LogP contribution is -2.41. The molecule has 4 rings (SSSR count). The quantitative estimate of drug-likeness (QED) is 0.590. The number of piperidine rings is 1. The number of aliphatic carboxylic acids is 1. The fourth-order valence-electron chi connectivity index (χ4n) is 3.92. The van der Waals surface area contributed by atoms with E-state index in [2.05, 4.69) is 68.7 Å². The van der Waals surface area contributed by atoms with Crippen molar-refractivity contribution in [1.29, 1.82) is 0 Å². The van der Waals surface area contributed by atoms with Crippen molar-refractivity contribution in [3.05, 3.63) is 69.5 Å². The maximum atomic E-state index is 11.6.